The third-order valence-electron chi connectivity index (χ3n) is 3.87. The molecular weight excluding hydrogens is 444 g/mol. The summed E-state index contributed by atoms with van der Waals surface area (Å²) in [6, 6.07) is 0. The number of ether oxygens (including phenoxy) is 6. The highest BCUT2D eigenvalue weighted by molar-refractivity contribution is 5.68. The first-order chi connectivity index (χ1) is 15.3. The Bertz CT molecular complexity index is 762. The van der Waals surface area contributed by atoms with Gasteiger partial charge in [0.1, 0.15) is 11.7 Å². The van der Waals surface area contributed by atoms with Crippen molar-refractivity contribution in [3.8, 4) is 0 Å². The van der Waals surface area contributed by atoms with Crippen LogP contribution in [0.2, 0.25) is 0 Å². The zero-order valence-electron chi connectivity index (χ0n) is 19.4. The van der Waals surface area contributed by atoms with Crippen molar-refractivity contribution in [2.75, 3.05) is 19.7 Å². The van der Waals surface area contributed by atoms with Crippen molar-refractivity contribution >= 4 is 24.0 Å². The molecular formula is C19H30N4O10. The van der Waals surface area contributed by atoms with Crippen LogP contribution in [0.15, 0.2) is 5.11 Å². The molecule has 1 N–H and O–H groups in total. The minimum absolute atomic E-state index is 0.00812. The van der Waals surface area contributed by atoms with Gasteiger partial charge in [-0.15, -0.1) is 0 Å². The van der Waals surface area contributed by atoms with Gasteiger partial charge in [0.15, 0.2) is 24.6 Å². The minimum atomic E-state index is -1.32. The molecule has 0 spiro atoms. The highest BCUT2D eigenvalue weighted by Gasteiger charge is 2.52. The summed E-state index contributed by atoms with van der Waals surface area (Å²) < 4.78 is 32.2. The molecule has 0 aromatic rings. The number of hydrogen-bond donors (Lipinski definition) is 1. The van der Waals surface area contributed by atoms with Crippen LogP contribution in [-0.2, 0) is 42.8 Å². The molecule has 1 saturated heterocycles. The van der Waals surface area contributed by atoms with Crippen molar-refractivity contribution in [3.63, 3.8) is 0 Å². The fourth-order valence-corrected chi connectivity index (χ4v) is 2.90. The van der Waals surface area contributed by atoms with E-state index in [2.05, 4.69) is 15.3 Å². The Morgan fingerprint density at radius 1 is 0.970 bits per heavy atom. The van der Waals surface area contributed by atoms with Crippen LogP contribution in [-0.4, -0.2) is 80.0 Å². The van der Waals surface area contributed by atoms with Gasteiger partial charge in [0.25, 0.3) is 0 Å². The number of azide groups is 1. The Labute approximate surface area is 190 Å². The first-order valence-corrected chi connectivity index (χ1v) is 10.1. The van der Waals surface area contributed by atoms with Crippen LogP contribution in [0.5, 0.6) is 0 Å². The summed E-state index contributed by atoms with van der Waals surface area (Å²) in [6.07, 6.45) is -6.93. The van der Waals surface area contributed by atoms with E-state index in [0.29, 0.717) is 0 Å². The maximum Gasteiger partial charge on any atom is 0.407 e. The van der Waals surface area contributed by atoms with Gasteiger partial charge in [-0.2, -0.15) is 0 Å². The fraction of sp³-hybridized carbons (Fsp3) is 0.789. The van der Waals surface area contributed by atoms with Crippen LogP contribution in [0, 0.1) is 0 Å². The van der Waals surface area contributed by atoms with E-state index in [4.69, 9.17) is 34.0 Å². The van der Waals surface area contributed by atoms with Crippen LogP contribution in [0.4, 0.5) is 4.79 Å². The number of rotatable bonds is 9. The van der Waals surface area contributed by atoms with E-state index < -0.39 is 60.3 Å². The lowest BCUT2D eigenvalue weighted by Gasteiger charge is -2.44. The van der Waals surface area contributed by atoms with E-state index in [1.165, 1.54) is 0 Å². The van der Waals surface area contributed by atoms with E-state index >= 15 is 0 Å². The zero-order chi connectivity index (χ0) is 25.2. The smallest absolute Gasteiger partial charge is 0.407 e. The van der Waals surface area contributed by atoms with Gasteiger partial charge in [-0.1, -0.05) is 5.11 Å². The molecule has 0 bridgehead atoms. The lowest BCUT2D eigenvalue weighted by Crippen LogP contribution is -2.62. The van der Waals surface area contributed by atoms with Crippen molar-refractivity contribution in [1.29, 1.82) is 0 Å². The molecule has 33 heavy (non-hydrogen) atoms. The Morgan fingerprint density at radius 3 is 2.03 bits per heavy atom. The van der Waals surface area contributed by atoms with Gasteiger partial charge in [-0.05, 0) is 26.3 Å². The van der Waals surface area contributed by atoms with Gasteiger partial charge in [0.05, 0.1) is 13.2 Å². The molecule has 1 amide bonds. The SMILES string of the molecule is CC(=O)O[C@H]1[C@@H](OC(C)=O)[C@@H](CN=[N+]=[N-])O[C@@H](OCCNC(=O)OC(C)(C)C)[C@@H]1OC(C)=O. The number of carbonyl (C=O) groups is 4. The first-order valence-electron chi connectivity index (χ1n) is 10.1. The number of hydrogen-bond acceptors (Lipinski definition) is 11. The van der Waals surface area contributed by atoms with E-state index in [9.17, 15) is 19.2 Å². The topological polar surface area (TPSA) is 184 Å². The molecule has 186 valence electrons. The van der Waals surface area contributed by atoms with Crippen LogP contribution in [0.1, 0.15) is 41.5 Å². The van der Waals surface area contributed by atoms with Crippen molar-refractivity contribution in [2.24, 2.45) is 5.11 Å². The second-order valence-corrected chi connectivity index (χ2v) is 7.98. The summed E-state index contributed by atoms with van der Waals surface area (Å²) in [6.45, 7) is 8.10. The largest absolute Gasteiger partial charge is 0.456 e. The molecule has 1 heterocycles. The minimum Gasteiger partial charge on any atom is -0.456 e. The van der Waals surface area contributed by atoms with Crippen LogP contribution < -0.4 is 5.32 Å². The molecule has 0 saturated carbocycles. The first kappa shape index (κ1) is 27.9. The van der Waals surface area contributed by atoms with Gasteiger partial charge in [0.2, 0.25) is 0 Å². The van der Waals surface area contributed by atoms with Crippen LogP contribution in [0.25, 0.3) is 10.4 Å². The number of amides is 1. The van der Waals surface area contributed by atoms with Crippen molar-refractivity contribution in [2.45, 2.75) is 77.8 Å². The molecule has 1 aliphatic heterocycles. The number of nitrogens with one attached hydrogen (secondary N) is 1. The number of alkyl carbamates (subject to hydrolysis) is 1. The Morgan fingerprint density at radius 2 is 1.52 bits per heavy atom. The second-order valence-electron chi connectivity index (χ2n) is 7.98. The lowest BCUT2D eigenvalue weighted by molar-refractivity contribution is -0.301. The summed E-state index contributed by atoms with van der Waals surface area (Å²) in [5.74, 6) is -2.21. The normalized spacial score (nSPS) is 24.6. The maximum atomic E-state index is 11.8. The summed E-state index contributed by atoms with van der Waals surface area (Å²) in [5, 5.41) is 5.92. The number of carbonyl (C=O) groups excluding carboxylic acids is 4. The van der Waals surface area contributed by atoms with Gasteiger partial charge >= 0.3 is 24.0 Å². The molecule has 0 aromatic heterocycles. The molecule has 1 aliphatic rings. The number of nitrogens with zero attached hydrogens (tertiary/aromatic N) is 3. The van der Waals surface area contributed by atoms with Gasteiger partial charge < -0.3 is 33.7 Å². The van der Waals surface area contributed by atoms with Crippen molar-refractivity contribution < 1.29 is 47.6 Å². The fourth-order valence-electron chi connectivity index (χ4n) is 2.90. The third kappa shape index (κ3) is 10.4. The zero-order valence-corrected chi connectivity index (χ0v) is 19.4. The standard InChI is InChI=1S/C19H30N4O10/c1-10(24)29-14-13(9-22-23-20)32-17(16(31-12(3)26)15(14)30-11(2)25)28-8-7-21-18(27)33-19(4,5)6/h13-17H,7-9H2,1-6H3,(H,21,27)/t13-,14+,15+,16-,17-/m1/s1. The molecule has 0 unspecified atom stereocenters. The molecule has 1 fully saturated rings. The Kier molecular flexibility index (Phi) is 10.9. The lowest BCUT2D eigenvalue weighted by atomic mass is 9.97. The quantitative estimate of drug-likeness (QED) is 0.128. The van der Waals surface area contributed by atoms with E-state index in [-0.39, 0.29) is 19.7 Å². The summed E-state index contributed by atoms with van der Waals surface area (Å²) in [5.41, 5.74) is 7.99. The third-order valence-corrected chi connectivity index (χ3v) is 3.87. The predicted octanol–water partition coefficient (Wildman–Crippen LogP) is 1.36. The van der Waals surface area contributed by atoms with Gasteiger partial charge in [-0.25, -0.2) is 4.79 Å². The molecule has 5 atom stereocenters. The molecule has 1 rings (SSSR count). The maximum absolute atomic E-state index is 11.8. The predicted molar refractivity (Wildman–Crippen MR) is 110 cm³/mol. The highest BCUT2D eigenvalue weighted by atomic mass is 16.7. The average Bonchev–Trinajstić information content (AvgIpc) is 2.65. The molecule has 0 aliphatic carbocycles. The average molecular weight is 474 g/mol. The van der Waals surface area contributed by atoms with Gasteiger partial charge in [-0.3, -0.25) is 14.4 Å². The van der Waals surface area contributed by atoms with E-state index in [0.717, 1.165) is 20.8 Å². The molecule has 0 radical (unpaired) electrons. The Balaban J connectivity index is 3.05. The number of esters is 3. The molecule has 14 nitrogen and oxygen atoms in total. The summed E-state index contributed by atoms with van der Waals surface area (Å²) in [4.78, 5) is 49.5. The van der Waals surface area contributed by atoms with E-state index in [1.54, 1.807) is 20.8 Å². The van der Waals surface area contributed by atoms with Crippen LogP contribution in [0.3, 0.4) is 0 Å². The Hall–Kier alpha value is -3.09. The summed E-state index contributed by atoms with van der Waals surface area (Å²) in [7, 11) is 0. The van der Waals surface area contributed by atoms with E-state index in [1.807, 2.05) is 0 Å². The monoisotopic (exact) mass is 474 g/mol. The summed E-state index contributed by atoms with van der Waals surface area (Å²) >= 11 is 0. The van der Waals surface area contributed by atoms with Crippen molar-refractivity contribution in [3.05, 3.63) is 10.4 Å². The van der Waals surface area contributed by atoms with Crippen molar-refractivity contribution in [1.82, 2.24) is 5.32 Å². The second kappa shape index (κ2) is 12.8. The van der Waals surface area contributed by atoms with Gasteiger partial charge in [0, 0.05) is 32.2 Å². The van der Waals surface area contributed by atoms with Crippen LogP contribution >= 0.6 is 0 Å². The highest BCUT2D eigenvalue weighted by Crippen LogP contribution is 2.29. The molecule has 14 heteroatoms. The molecule has 0 aromatic carbocycles.